The van der Waals surface area contributed by atoms with Gasteiger partial charge in [-0.3, -0.25) is 0 Å². The Morgan fingerprint density at radius 3 is 2.90 bits per heavy atom. The standard InChI is InChI=1S/C12H16F2N4OS/c1-18-8-16-17-11(18)4-5-15-6-9-2-3-10(19-9)7-20-12(13)14/h2-3,8,12,15H,4-7H2,1H3. The summed E-state index contributed by atoms with van der Waals surface area (Å²) >= 11 is 0.560. The molecule has 2 heterocycles. The number of aryl methyl sites for hydroxylation is 1. The molecule has 0 aliphatic carbocycles. The molecule has 2 rings (SSSR count). The third-order valence-corrected chi connectivity index (χ3v) is 3.40. The van der Waals surface area contributed by atoms with Gasteiger partial charge in [0.15, 0.2) is 0 Å². The van der Waals surface area contributed by atoms with Crippen LogP contribution in [0.15, 0.2) is 22.9 Å². The minimum Gasteiger partial charge on any atom is -0.464 e. The third kappa shape index (κ3) is 4.61. The van der Waals surface area contributed by atoms with E-state index in [2.05, 4.69) is 15.5 Å². The van der Waals surface area contributed by atoms with Crippen molar-refractivity contribution in [2.75, 3.05) is 6.54 Å². The number of aromatic nitrogens is 3. The second-order valence-electron chi connectivity index (χ2n) is 4.22. The lowest BCUT2D eigenvalue weighted by Crippen LogP contribution is -2.17. The fraction of sp³-hybridized carbons (Fsp3) is 0.500. The Labute approximate surface area is 119 Å². The fourth-order valence-electron chi connectivity index (χ4n) is 1.69. The number of rotatable bonds is 8. The molecule has 5 nitrogen and oxygen atoms in total. The maximum Gasteiger partial charge on any atom is 0.284 e. The second-order valence-corrected chi connectivity index (χ2v) is 5.20. The van der Waals surface area contributed by atoms with Crippen LogP contribution in [0.25, 0.3) is 0 Å². The van der Waals surface area contributed by atoms with Crippen molar-refractivity contribution >= 4 is 11.8 Å². The summed E-state index contributed by atoms with van der Waals surface area (Å²) in [6.45, 7) is 1.31. The Kier molecular flexibility index (Phi) is 5.54. The van der Waals surface area contributed by atoms with E-state index < -0.39 is 5.76 Å². The predicted octanol–water partition coefficient (Wildman–Crippen LogP) is 2.20. The number of hydrogen-bond donors (Lipinski definition) is 1. The van der Waals surface area contributed by atoms with Gasteiger partial charge in [0.05, 0.1) is 12.3 Å². The van der Waals surface area contributed by atoms with E-state index in [-0.39, 0.29) is 5.75 Å². The number of alkyl halides is 2. The van der Waals surface area contributed by atoms with Gasteiger partial charge >= 0.3 is 0 Å². The molecule has 2 aromatic rings. The molecule has 8 heteroatoms. The second kappa shape index (κ2) is 7.39. The lowest BCUT2D eigenvalue weighted by atomic mass is 10.3. The van der Waals surface area contributed by atoms with Gasteiger partial charge in [-0.25, -0.2) is 0 Å². The van der Waals surface area contributed by atoms with Crippen molar-refractivity contribution < 1.29 is 13.2 Å². The van der Waals surface area contributed by atoms with Gasteiger partial charge in [0.25, 0.3) is 5.76 Å². The smallest absolute Gasteiger partial charge is 0.284 e. The van der Waals surface area contributed by atoms with E-state index in [0.717, 1.165) is 24.6 Å². The number of furan rings is 1. The van der Waals surface area contributed by atoms with E-state index in [9.17, 15) is 8.78 Å². The van der Waals surface area contributed by atoms with Gasteiger partial charge in [-0.15, -0.1) is 10.2 Å². The molecule has 0 spiro atoms. The molecule has 110 valence electrons. The van der Waals surface area contributed by atoms with E-state index in [4.69, 9.17) is 4.42 Å². The first-order valence-corrected chi connectivity index (χ1v) is 7.21. The molecule has 0 aromatic carbocycles. The molecule has 20 heavy (non-hydrogen) atoms. The molecular weight excluding hydrogens is 286 g/mol. The van der Waals surface area contributed by atoms with Gasteiger partial charge in [0, 0.05) is 20.0 Å². The average Bonchev–Trinajstić information content (AvgIpc) is 3.02. The number of thioether (sulfide) groups is 1. The number of halogens is 2. The molecular formula is C12H16F2N4OS. The van der Waals surface area contributed by atoms with Crippen LogP contribution in [0.1, 0.15) is 17.3 Å². The number of nitrogens with one attached hydrogen (secondary N) is 1. The van der Waals surface area contributed by atoms with Crippen molar-refractivity contribution in [3.8, 4) is 0 Å². The van der Waals surface area contributed by atoms with E-state index in [1.807, 2.05) is 11.6 Å². The van der Waals surface area contributed by atoms with Crippen LogP contribution in [0.5, 0.6) is 0 Å². The third-order valence-electron chi connectivity index (χ3n) is 2.70. The monoisotopic (exact) mass is 302 g/mol. The van der Waals surface area contributed by atoms with Gasteiger partial charge in [-0.2, -0.15) is 8.78 Å². The molecule has 0 aliphatic rings. The van der Waals surface area contributed by atoms with Crippen LogP contribution in [0.4, 0.5) is 8.78 Å². The summed E-state index contributed by atoms with van der Waals surface area (Å²) in [6.07, 6.45) is 2.43. The Morgan fingerprint density at radius 2 is 2.20 bits per heavy atom. The van der Waals surface area contributed by atoms with Crippen molar-refractivity contribution in [1.82, 2.24) is 20.1 Å². The maximum atomic E-state index is 12.0. The van der Waals surface area contributed by atoms with Gasteiger partial charge in [0.2, 0.25) is 0 Å². The zero-order chi connectivity index (χ0) is 14.4. The SMILES string of the molecule is Cn1cnnc1CCNCc1ccc(CSC(F)F)o1. The first-order chi connectivity index (χ1) is 9.65. The normalized spacial score (nSPS) is 11.4. The Balaban J connectivity index is 1.68. The van der Waals surface area contributed by atoms with Crippen molar-refractivity contribution in [3.05, 3.63) is 35.8 Å². The Morgan fingerprint density at radius 1 is 1.40 bits per heavy atom. The largest absolute Gasteiger partial charge is 0.464 e. The Bertz CT molecular complexity index is 529. The van der Waals surface area contributed by atoms with Crippen molar-refractivity contribution in [2.45, 2.75) is 24.5 Å². The highest BCUT2D eigenvalue weighted by molar-refractivity contribution is 7.98. The summed E-state index contributed by atoms with van der Waals surface area (Å²) in [6, 6.07) is 3.53. The fourth-order valence-corrected chi connectivity index (χ4v) is 2.13. The summed E-state index contributed by atoms with van der Waals surface area (Å²) in [4.78, 5) is 0. The molecule has 0 fully saturated rings. The maximum absolute atomic E-state index is 12.0. The van der Waals surface area contributed by atoms with Crippen LogP contribution in [-0.4, -0.2) is 27.1 Å². The van der Waals surface area contributed by atoms with E-state index in [1.165, 1.54) is 0 Å². The van der Waals surface area contributed by atoms with Crippen LogP contribution in [0.3, 0.4) is 0 Å². The molecule has 0 radical (unpaired) electrons. The molecule has 1 N–H and O–H groups in total. The lowest BCUT2D eigenvalue weighted by molar-refractivity contribution is 0.251. The zero-order valence-corrected chi connectivity index (χ0v) is 11.9. The quantitative estimate of drug-likeness (QED) is 0.758. The van der Waals surface area contributed by atoms with Crippen LogP contribution < -0.4 is 5.32 Å². The minimum absolute atomic E-state index is 0.191. The summed E-state index contributed by atoms with van der Waals surface area (Å²) < 4.78 is 31.4. The zero-order valence-electron chi connectivity index (χ0n) is 11.1. The van der Waals surface area contributed by atoms with Gasteiger partial charge in [-0.05, 0) is 12.1 Å². The highest BCUT2D eigenvalue weighted by Crippen LogP contribution is 2.21. The van der Waals surface area contributed by atoms with Crippen LogP contribution >= 0.6 is 11.8 Å². The summed E-state index contributed by atoms with van der Waals surface area (Å²) in [7, 11) is 1.90. The van der Waals surface area contributed by atoms with Gasteiger partial charge in [-0.1, -0.05) is 11.8 Å². The minimum atomic E-state index is -2.37. The molecule has 0 atom stereocenters. The summed E-state index contributed by atoms with van der Waals surface area (Å²) in [5, 5.41) is 11.0. The topological polar surface area (TPSA) is 55.9 Å². The van der Waals surface area contributed by atoms with Gasteiger partial charge in [0.1, 0.15) is 23.7 Å². The lowest BCUT2D eigenvalue weighted by Gasteiger charge is -2.02. The van der Waals surface area contributed by atoms with E-state index >= 15 is 0 Å². The van der Waals surface area contributed by atoms with Crippen molar-refractivity contribution in [2.24, 2.45) is 7.05 Å². The molecule has 2 aromatic heterocycles. The van der Waals surface area contributed by atoms with Crippen LogP contribution in [0, 0.1) is 0 Å². The van der Waals surface area contributed by atoms with E-state index in [0.29, 0.717) is 24.1 Å². The highest BCUT2D eigenvalue weighted by Gasteiger charge is 2.07. The molecule has 0 saturated carbocycles. The van der Waals surface area contributed by atoms with E-state index in [1.54, 1.807) is 18.5 Å². The first kappa shape index (κ1) is 15.0. The number of nitrogens with zero attached hydrogens (tertiary/aromatic N) is 3. The Hall–Kier alpha value is -1.41. The molecule has 0 amide bonds. The molecule has 0 bridgehead atoms. The van der Waals surface area contributed by atoms with Crippen molar-refractivity contribution in [1.29, 1.82) is 0 Å². The summed E-state index contributed by atoms with van der Waals surface area (Å²) in [5.74, 6) is 0.0450. The van der Waals surface area contributed by atoms with Gasteiger partial charge < -0.3 is 14.3 Å². The molecule has 0 saturated heterocycles. The summed E-state index contributed by atoms with van der Waals surface area (Å²) in [5.41, 5.74) is 0. The van der Waals surface area contributed by atoms with Crippen LogP contribution in [-0.2, 0) is 25.8 Å². The first-order valence-electron chi connectivity index (χ1n) is 6.16. The molecule has 0 aliphatic heterocycles. The highest BCUT2D eigenvalue weighted by atomic mass is 32.2. The van der Waals surface area contributed by atoms with Crippen LogP contribution in [0.2, 0.25) is 0 Å². The predicted molar refractivity (Wildman–Crippen MR) is 72.4 cm³/mol. The number of hydrogen-bond acceptors (Lipinski definition) is 5. The van der Waals surface area contributed by atoms with Crippen molar-refractivity contribution in [3.63, 3.8) is 0 Å². The molecule has 0 unspecified atom stereocenters. The average molecular weight is 302 g/mol.